The minimum Gasteiger partial charge on any atom is -0.366 e. The van der Waals surface area contributed by atoms with Crippen LogP contribution in [0.15, 0.2) is 0 Å². The van der Waals surface area contributed by atoms with Gasteiger partial charge in [0, 0.05) is 17.9 Å². The van der Waals surface area contributed by atoms with E-state index >= 15 is 0 Å². The molecule has 3 rings (SSSR count). The van der Waals surface area contributed by atoms with E-state index in [1.807, 2.05) is 0 Å². The summed E-state index contributed by atoms with van der Waals surface area (Å²) < 4.78 is 11.0. The van der Waals surface area contributed by atoms with Crippen LogP contribution in [0.1, 0.15) is 39.0 Å². The number of hydrogen-bond acceptors (Lipinski definition) is 6. The molecule has 0 radical (unpaired) electrons. The second-order valence-corrected chi connectivity index (χ2v) is 6.37. The number of nitro groups is 1. The van der Waals surface area contributed by atoms with E-state index in [9.17, 15) is 20.0 Å². The summed E-state index contributed by atoms with van der Waals surface area (Å²) in [6.07, 6.45) is 2.47. The molecule has 3 heterocycles. The molecule has 3 saturated heterocycles. The lowest BCUT2D eigenvalue weighted by molar-refractivity contribution is -0.530. The van der Waals surface area contributed by atoms with Gasteiger partial charge < -0.3 is 19.5 Å². The number of carbonyl (C=O) groups excluding carboxylic acids is 1. The molecule has 3 aliphatic heterocycles. The van der Waals surface area contributed by atoms with Crippen molar-refractivity contribution in [3.05, 3.63) is 10.1 Å². The molecule has 0 unspecified atom stereocenters. The van der Waals surface area contributed by atoms with E-state index in [1.165, 1.54) is 4.90 Å². The largest absolute Gasteiger partial charge is 0.366 e. The molecule has 22 heavy (non-hydrogen) atoms. The van der Waals surface area contributed by atoms with Gasteiger partial charge in [-0.1, -0.05) is 26.2 Å². The van der Waals surface area contributed by atoms with E-state index in [0.29, 0.717) is 13.0 Å². The summed E-state index contributed by atoms with van der Waals surface area (Å²) >= 11 is 0. The van der Waals surface area contributed by atoms with E-state index in [-0.39, 0.29) is 13.0 Å². The highest BCUT2D eigenvalue weighted by Crippen LogP contribution is 2.46. The van der Waals surface area contributed by atoms with Crippen molar-refractivity contribution in [3.8, 4) is 0 Å². The van der Waals surface area contributed by atoms with Gasteiger partial charge in [0.25, 0.3) is 11.9 Å². The van der Waals surface area contributed by atoms with E-state index in [4.69, 9.17) is 9.47 Å². The van der Waals surface area contributed by atoms with E-state index < -0.39 is 40.9 Å². The fourth-order valence-electron chi connectivity index (χ4n) is 3.79. The molecule has 0 spiro atoms. The smallest absolute Gasteiger partial charge is 0.300 e. The Morgan fingerprint density at radius 3 is 2.91 bits per heavy atom. The predicted molar refractivity (Wildman–Crippen MR) is 74.3 cm³/mol. The third-order valence-corrected chi connectivity index (χ3v) is 4.96. The molecular formula is C14H22N2O6. The normalized spacial score (nSPS) is 40.1. The molecule has 4 bridgehead atoms. The van der Waals surface area contributed by atoms with Gasteiger partial charge in [-0.15, -0.1) is 0 Å². The van der Waals surface area contributed by atoms with Crippen LogP contribution in [0.4, 0.5) is 0 Å². The van der Waals surface area contributed by atoms with Crippen molar-refractivity contribution >= 4 is 5.91 Å². The standard InChI is InChI=1S/C14H22N2O6/c1-2-3-4-5-6-15-12(17)11(16(19)20)9-7-14(15,18)13-21-8-10(9)22-13/h9-11,13,18H,2-8H2,1H3/t9-,10+,11-,13+,14-/m0/s1. The van der Waals surface area contributed by atoms with Crippen molar-refractivity contribution in [2.45, 2.75) is 63.2 Å². The van der Waals surface area contributed by atoms with Crippen LogP contribution in [0.25, 0.3) is 0 Å². The molecule has 0 aromatic rings. The van der Waals surface area contributed by atoms with Crippen LogP contribution in [0.2, 0.25) is 0 Å². The molecule has 8 heteroatoms. The summed E-state index contributed by atoms with van der Waals surface area (Å²) in [6.45, 7) is 2.56. The molecule has 3 fully saturated rings. The molecule has 1 N–H and O–H groups in total. The zero-order valence-electron chi connectivity index (χ0n) is 12.6. The lowest BCUT2D eigenvalue weighted by atomic mass is 9.79. The predicted octanol–water partition coefficient (Wildman–Crippen LogP) is 0.504. The Morgan fingerprint density at radius 2 is 2.23 bits per heavy atom. The number of fused-ring (bicyclic) bond motifs is 6. The molecular weight excluding hydrogens is 292 g/mol. The number of likely N-dealkylation sites (tertiary alicyclic amines) is 1. The Morgan fingerprint density at radius 1 is 1.45 bits per heavy atom. The molecule has 0 aliphatic carbocycles. The quantitative estimate of drug-likeness (QED) is 0.435. The lowest BCUT2D eigenvalue weighted by Gasteiger charge is -2.51. The van der Waals surface area contributed by atoms with Crippen molar-refractivity contribution in [1.82, 2.24) is 4.90 Å². The number of hydrogen-bond donors (Lipinski definition) is 1. The van der Waals surface area contributed by atoms with Gasteiger partial charge >= 0.3 is 0 Å². The first-order valence-electron chi connectivity index (χ1n) is 7.93. The zero-order chi connectivity index (χ0) is 15.9. The molecule has 8 nitrogen and oxygen atoms in total. The SMILES string of the molecule is CCCCCCN1C(=O)[C@@H]([N+](=O)[O-])[C@H]2C[C@]1(O)[C@@H]1OC[C@H]2O1. The van der Waals surface area contributed by atoms with Crippen molar-refractivity contribution < 1.29 is 24.3 Å². The van der Waals surface area contributed by atoms with Gasteiger partial charge in [0.2, 0.25) is 6.29 Å². The number of carbonyl (C=O) groups is 1. The molecule has 0 aromatic carbocycles. The lowest BCUT2D eigenvalue weighted by Crippen LogP contribution is -2.71. The Balaban J connectivity index is 1.83. The van der Waals surface area contributed by atoms with E-state index in [2.05, 4.69) is 6.92 Å². The van der Waals surface area contributed by atoms with Gasteiger partial charge in [-0.2, -0.15) is 0 Å². The first-order chi connectivity index (χ1) is 10.5. The van der Waals surface area contributed by atoms with Crippen LogP contribution in [0.5, 0.6) is 0 Å². The topological polar surface area (TPSA) is 102 Å². The highest BCUT2D eigenvalue weighted by atomic mass is 16.7. The van der Waals surface area contributed by atoms with Gasteiger partial charge in [0.15, 0.2) is 5.72 Å². The van der Waals surface area contributed by atoms with Crippen LogP contribution >= 0.6 is 0 Å². The number of rotatable bonds is 6. The molecule has 5 atom stereocenters. The second-order valence-electron chi connectivity index (χ2n) is 6.37. The van der Waals surface area contributed by atoms with Crippen LogP contribution in [-0.2, 0) is 14.3 Å². The maximum absolute atomic E-state index is 12.6. The summed E-state index contributed by atoms with van der Waals surface area (Å²) in [5.41, 5.74) is -1.58. The Bertz CT molecular complexity index is 472. The van der Waals surface area contributed by atoms with Crippen LogP contribution < -0.4 is 0 Å². The average molecular weight is 314 g/mol. The summed E-state index contributed by atoms with van der Waals surface area (Å²) in [7, 11) is 0. The highest BCUT2D eigenvalue weighted by Gasteiger charge is 2.67. The molecule has 1 amide bonds. The first kappa shape index (κ1) is 15.6. The molecule has 0 aromatic heterocycles. The Kier molecular flexibility index (Phi) is 4.09. The Hall–Kier alpha value is -1.25. The van der Waals surface area contributed by atoms with Gasteiger partial charge in [-0.05, 0) is 6.42 Å². The minimum atomic E-state index is -1.58. The molecule has 124 valence electrons. The first-order valence-corrected chi connectivity index (χ1v) is 7.93. The van der Waals surface area contributed by atoms with Crippen molar-refractivity contribution in [2.24, 2.45) is 5.92 Å². The number of piperidine rings is 1. The fraction of sp³-hybridized carbons (Fsp3) is 0.929. The number of ether oxygens (including phenoxy) is 2. The summed E-state index contributed by atoms with van der Waals surface area (Å²) in [5.74, 6) is -1.23. The average Bonchev–Trinajstić information content (AvgIpc) is 2.91. The monoisotopic (exact) mass is 314 g/mol. The summed E-state index contributed by atoms with van der Waals surface area (Å²) in [5, 5.41) is 22.3. The van der Waals surface area contributed by atoms with E-state index in [0.717, 1.165) is 19.3 Å². The summed E-state index contributed by atoms with van der Waals surface area (Å²) in [6, 6.07) is -1.35. The maximum Gasteiger partial charge on any atom is 0.300 e. The maximum atomic E-state index is 12.6. The van der Waals surface area contributed by atoms with E-state index in [1.54, 1.807) is 0 Å². The third-order valence-electron chi connectivity index (χ3n) is 4.96. The second kappa shape index (κ2) is 5.75. The Labute approximate surface area is 128 Å². The van der Waals surface area contributed by atoms with Crippen LogP contribution in [0, 0.1) is 16.0 Å². The van der Waals surface area contributed by atoms with Gasteiger partial charge in [-0.3, -0.25) is 14.9 Å². The van der Waals surface area contributed by atoms with Crippen LogP contribution in [0.3, 0.4) is 0 Å². The minimum absolute atomic E-state index is 0.146. The summed E-state index contributed by atoms with van der Waals surface area (Å²) in [4.78, 5) is 24.6. The number of unbranched alkanes of at least 4 members (excludes halogenated alkanes) is 3. The third kappa shape index (κ3) is 2.29. The number of nitrogens with zero attached hydrogens (tertiary/aromatic N) is 2. The number of aliphatic hydroxyl groups is 1. The van der Waals surface area contributed by atoms with Crippen molar-refractivity contribution in [2.75, 3.05) is 13.2 Å². The van der Waals surface area contributed by atoms with Gasteiger partial charge in [0.05, 0.1) is 18.6 Å². The van der Waals surface area contributed by atoms with Gasteiger partial charge in [0.1, 0.15) is 0 Å². The van der Waals surface area contributed by atoms with Gasteiger partial charge in [-0.25, -0.2) is 0 Å². The fourth-order valence-corrected chi connectivity index (χ4v) is 3.79. The van der Waals surface area contributed by atoms with Crippen molar-refractivity contribution in [1.29, 1.82) is 0 Å². The molecule has 3 aliphatic rings. The zero-order valence-corrected chi connectivity index (χ0v) is 12.6. The number of amides is 1. The van der Waals surface area contributed by atoms with Crippen molar-refractivity contribution in [3.63, 3.8) is 0 Å². The molecule has 0 saturated carbocycles. The highest BCUT2D eigenvalue weighted by molar-refractivity contribution is 5.83. The van der Waals surface area contributed by atoms with Crippen LogP contribution in [-0.4, -0.2) is 58.1 Å².